The van der Waals surface area contributed by atoms with Gasteiger partial charge in [-0.15, -0.1) is 0 Å². The number of pyridine rings is 2. The van der Waals surface area contributed by atoms with Crippen LogP contribution < -0.4 is 4.90 Å². The Morgan fingerprint density at radius 2 is 1.81 bits per heavy atom. The van der Waals surface area contributed by atoms with Gasteiger partial charge in [0.15, 0.2) is 0 Å². The summed E-state index contributed by atoms with van der Waals surface area (Å²) in [7, 11) is 0. The van der Waals surface area contributed by atoms with Crippen LogP contribution in [0.15, 0.2) is 79.3 Å². The van der Waals surface area contributed by atoms with Crippen molar-refractivity contribution in [3.63, 3.8) is 0 Å². The lowest BCUT2D eigenvalue weighted by molar-refractivity contribution is -0.117. The van der Waals surface area contributed by atoms with Gasteiger partial charge in [0.05, 0.1) is 24.6 Å². The Bertz CT molecular complexity index is 1480. The number of aromatic nitrogens is 5. The number of ketones is 1. The number of nitrogens with zero attached hydrogens (tertiary/aromatic N) is 5. The lowest BCUT2D eigenvalue weighted by atomic mass is 10.0. The highest BCUT2D eigenvalue weighted by atomic mass is 16.5. The monoisotopic (exact) mass is 478 g/mol. The molecule has 1 aromatic carbocycles. The third-order valence-corrected chi connectivity index (χ3v) is 6.43. The standard InChI is InChI=1S/C28H26N6O2/c35-24(16-23-17-25(32-31-23)22-3-2-10-29-18-22)15-20-6-8-21(9-7-20)26-19-34-27(30-26)4-1-5-28(34)33-11-13-36-14-12-33/h1-10,17-19H,11-16H2,(H,31,32). The third kappa shape index (κ3) is 4.63. The number of ether oxygens (including phenoxy) is 1. The topological polar surface area (TPSA) is 88.4 Å². The van der Waals surface area contributed by atoms with Crippen molar-refractivity contribution in [2.75, 3.05) is 31.2 Å². The van der Waals surface area contributed by atoms with Crippen LogP contribution in [0.1, 0.15) is 11.3 Å². The molecule has 180 valence electrons. The molecule has 1 aliphatic rings. The molecule has 8 nitrogen and oxygen atoms in total. The number of hydrogen-bond acceptors (Lipinski definition) is 6. The zero-order valence-electron chi connectivity index (χ0n) is 19.8. The summed E-state index contributed by atoms with van der Waals surface area (Å²) in [5.74, 6) is 1.26. The number of hydrogen-bond donors (Lipinski definition) is 1. The average Bonchev–Trinajstić information content (AvgIpc) is 3.57. The SMILES string of the molecule is O=C(Cc1ccc(-c2cn3c(N4CCOCC4)cccc3n2)cc1)Cc1cc(-c2cccnc2)n[nH]1. The molecular formula is C28H26N6O2. The van der Waals surface area contributed by atoms with Crippen LogP contribution in [0.4, 0.5) is 5.82 Å². The van der Waals surface area contributed by atoms with Gasteiger partial charge in [-0.25, -0.2) is 4.98 Å². The lowest BCUT2D eigenvalue weighted by Gasteiger charge is -2.29. The number of imidazole rings is 1. The van der Waals surface area contributed by atoms with Crippen LogP contribution in [-0.2, 0) is 22.4 Å². The quantitative estimate of drug-likeness (QED) is 0.381. The Hall–Kier alpha value is -4.30. The average molecular weight is 479 g/mol. The predicted octanol–water partition coefficient (Wildman–Crippen LogP) is 3.98. The highest BCUT2D eigenvalue weighted by molar-refractivity contribution is 5.83. The minimum absolute atomic E-state index is 0.131. The maximum Gasteiger partial charge on any atom is 0.143 e. The molecule has 0 bridgehead atoms. The molecule has 0 radical (unpaired) electrons. The largest absolute Gasteiger partial charge is 0.378 e. The maximum atomic E-state index is 12.7. The van der Waals surface area contributed by atoms with E-state index in [4.69, 9.17) is 9.72 Å². The molecule has 4 aromatic heterocycles. The number of carbonyl (C=O) groups excluding carboxylic acids is 1. The Kier molecular flexibility index (Phi) is 6.01. The normalized spacial score (nSPS) is 13.8. The van der Waals surface area contributed by atoms with Gasteiger partial charge < -0.3 is 9.64 Å². The Morgan fingerprint density at radius 1 is 0.944 bits per heavy atom. The predicted molar refractivity (Wildman–Crippen MR) is 138 cm³/mol. The minimum atomic E-state index is 0.131. The van der Waals surface area contributed by atoms with Crippen molar-refractivity contribution in [2.24, 2.45) is 0 Å². The second-order valence-electron chi connectivity index (χ2n) is 8.95. The first-order valence-corrected chi connectivity index (χ1v) is 12.1. The number of Topliss-reactive ketones (excluding diaryl/α,β-unsaturated/α-hetero) is 1. The molecule has 0 saturated carbocycles. The van der Waals surface area contributed by atoms with E-state index in [0.29, 0.717) is 12.8 Å². The number of anilines is 1. The summed E-state index contributed by atoms with van der Waals surface area (Å²) in [4.78, 5) is 24.0. The summed E-state index contributed by atoms with van der Waals surface area (Å²) in [5, 5.41) is 7.28. The molecule has 1 saturated heterocycles. The van der Waals surface area contributed by atoms with E-state index in [0.717, 1.165) is 71.5 Å². The van der Waals surface area contributed by atoms with Crippen molar-refractivity contribution in [1.82, 2.24) is 24.6 Å². The van der Waals surface area contributed by atoms with Gasteiger partial charge in [0.2, 0.25) is 0 Å². The van der Waals surface area contributed by atoms with Crippen molar-refractivity contribution in [3.05, 3.63) is 90.5 Å². The van der Waals surface area contributed by atoms with E-state index in [2.05, 4.69) is 36.7 Å². The molecule has 0 amide bonds. The first kappa shape index (κ1) is 22.2. The van der Waals surface area contributed by atoms with Crippen LogP contribution in [0.5, 0.6) is 0 Å². The molecule has 36 heavy (non-hydrogen) atoms. The van der Waals surface area contributed by atoms with Crippen molar-refractivity contribution < 1.29 is 9.53 Å². The highest BCUT2D eigenvalue weighted by Gasteiger charge is 2.16. The van der Waals surface area contributed by atoms with E-state index >= 15 is 0 Å². The fourth-order valence-corrected chi connectivity index (χ4v) is 4.60. The molecule has 8 heteroatoms. The van der Waals surface area contributed by atoms with E-state index < -0.39 is 0 Å². The molecule has 0 unspecified atom stereocenters. The number of rotatable bonds is 7. The van der Waals surface area contributed by atoms with E-state index in [-0.39, 0.29) is 5.78 Å². The van der Waals surface area contributed by atoms with Gasteiger partial charge in [-0.1, -0.05) is 30.3 Å². The van der Waals surface area contributed by atoms with Crippen LogP contribution in [0, 0.1) is 0 Å². The number of aromatic amines is 1. The summed E-state index contributed by atoms with van der Waals surface area (Å²) in [6.07, 6.45) is 6.25. The van der Waals surface area contributed by atoms with Crippen molar-refractivity contribution in [1.29, 1.82) is 0 Å². The molecule has 1 fully saturated rings. The van der Waals surface area contributed by atoms with Gasteiger partial charge in [-0.3, -0.25) is 19.3 Å². The maximum absolute atomic E-state index is 12.7. The van der Waals surface area contributed by atoms with Crippen LogP contribution in [0.25, 0.3) is 28.2 Å². The first-order chi connectivity index (χ1) is 17.7. The van der Waals surface area contributed by atoms with E-state index in [9.17, 15) is 4.79 Å². The summed E-state index contributed by atoms with van der Waals surface area (Å²) >= 11 is 0. The molecule has 1 N–H and O–H groups in total. The fraction of sp³-hybridized carbons (Fsp3) is 0.214. The van der Waals surface area contributed by atoms with Gasteiger partial charge >= 0.3 is 0 Å². The summed E-state index contributed by atoms with van der Waals surface area (Å²) in [6.45, 7) is 3.23. The Balaban J connectivity index is 1.14. The fourth-order valence-electron chi connectivity index (χ4n) is 4.60. The number of benzene rings is 1. The summed E-state index contributed by atoms with van der Waals surface area (Å²) < 4.78 is 7.64. The number of fused-ring (bicyclic) bond motifs is 1. The lowest BCUT2D eigenvalue weighted by Crippen LogP contribution is -2.37. The van der Waals surface area contributed by atoms with Crippen LogP contribution >= 0.6 is 0 Å². The summed E-state index contributed by atoms with van der Waals surface area (Å²) in [6, 6.07) is 20.0. The van der Waals surface area contributed by atoms with Gasteiger partial charge in [0, 0.05) is 61.3 Å². The van der Waals surface area contributed by atoms with Crippen molar-refractivity contribution in [2.45, 2.75) is 12.8 Å². The molecule has 5 heterocycles. The molecule has 0 spiro atoms. The van der Waals surface area contributed by atoms with Crippen LogP contribution in [-0.4, -0.2) is 56.7 Å². The van der Waals surface area contributed by atoms with Crippen LogP contribution in [0.3, 0.4) is 0 Å². The van der Waals surface area contributed by atoms with Crippen molar-refractivity contribution in [3.8, 4) is 22.5 Å². The zero-order chi connectivity index (χ0) is 24.3. The molecule has 1 aliphatic heterocycles. The third-order valence-electron chi connectivity index (χ3n) is 6.43. The number of morpholine rings is 1. The van der Waals surface area contributed by atoms with E-state index in [1.54, 1.807) is 12.4 Å². The summed E-state index contributed by atoms with van der Waals surface area (Å²) in [5.41, 5.74) is 6.35. The van der Waals surface area contributed by atoms with Gasteiger partial charge in [-0.2, -0.15) is 5.10 Å². The number of H-pyrrole nitrogens is 1. The highest BCUT2D eigenvalue weighted by Crippen LogP contribution is 2.25. The molecule has 0 atom stereocenters. The van der Waals surface area contributed by atoms with Gasteiger partial charge in [0.25, 0.3) is 0 Å². The smallest absolute Gasteiger partial charge is 0.143 e. The van der Waals surface area contributed by atoms with Crippen molar-refractivity contribution >= 4 is 17.2 Å². The molecular weight excluding hydrogens is 452 g/mol. The minimum Gasteiger partial charge on any atom is -0.378 e. The Morgan fingerprint density at radius 3 is 2.61 bits per heavy atom. The van der Waals surface area contributed by atoms with Gasteiger partial charge in [-0.05, 0) is 35.9 Å². The molecule has 0 aliphatic carbocycles. The second-order valence-corrected chi connectivity index (χ2v) is 8.95. The van der Waals surface area contributed by atoms with E-state index in [1.807, 2.05) is 54.6 Å². The number of nitrogens with one attached hydrogen (secondary N) is 1. The first-order valence-electron chi connectivity index (χ1n) is 12.1. The number of carbonyl (C=O) groups is 1. The van der Waals surface area contributed by atoms with Gasteiger partial charge in [0.1, 0.15) is 17.2 Å². The molecule has 6 rings (SSSR count). The zero-order valence-corrected chi connectivity index (χ0v) is 19.8. The molecule has 5 aromatic rings. The van der Waals surface area contributed by atoms with Crippen LogP contribution in [0.2, 0.25) is 0 Å². The van der Waals surface area contributed by atoms with E-state index in [1.165, 1.54) is 0 Å². The Labute approximate surface area is 208 Å². The second kappa shape index (κ2) is 9.75.